The first-order valence-electron chi connectivity index (χ1n) is 7.74. The van der Waals surface area contributed by atoms with Crippen molar-refractivity contribution in [3.63, 3.8) is 0 Å². The molecule has 3 nitrogen and oxygen atoms in total. The number of aromatic nitrogens is 1. The average Bonchev–Trinajstić information content (AvgIpc) is 3.15. The van der Waals surface area contributed by atoms with E-state index in [1.165, 1.54) is 18.4 Å². The highest BCUT2D eigenvalue weighted by Crippen LogP contribution is 2.44. The van der Waals surface area contributed by atoms with Crippen LogP contribution in [0.25, 0.3) is 10.9 Å². The summed E-state index contributed by atoms with van der Waals surface area (Å²) in [6.45, 7) is 7.67. The molecule has 4 heteroatoms. The molecule has 0 amide bonds. The van der Waals surface area contributed by atoms with Crippen molar-refractivity contribution in [2.24, 2.45) is 0 Å². The second kappa shape index (κ2) is 5.31. The molecule has 22 heavy (non-hydrogen) atoms. The molecule has 1 fully saturated rings. The molecule has 0 radical (unpaired) electrons. The zero-order valence-corrected chi connectivity index (χ0v) is 14.3. The number of carbonyl (C=O) groups is 1. The van der Waals surface area contributed by atoms with Gasteiger partial charge in [0.1, 0.15) is 5.60 Å². The molecule has 1 saturated carbocycles. The van der Waals surface area contributed by atoms with E-state index in [1.807, 2.05) is 33.8 Å². The number of alkyl halides is 1. The van der Waals surface area contributed by atoms with E-state index in [-0.39, 0.29) is 6.09 Å². The number of fused-ring (bicyclic) bond motifs is 1. The minimum atomic E-state index is -0.509. The van der Waals surface area contributed by atoms with E-state index in [4.69, 9.17) is 16.3 Å². The summed E-state index contributed by atoms with van der Waals surface area (Å²) < 4.78 is 7.10. The molecule has 0 atom stereocenters. The van der Waals surface area contributed by atoms with Crippen LogP contribution in [0.2, 0.25) is 0 Å². The Morgan fingerprint density at radius 1 is 1.41 bits per heavy atom. The molecule has 1 aromatic heterocycles. The van der Waals surface area contributed by atoms with Gasteiger partial charge in [0.05, 0.1) is 5.52 Å². The summed E-state index contributed by atoms with van der Waals surface area (Å²) in [7, 11) is 0. The molecule has 1 aliphatic carbocycles. The summed E-state index contributed by atoms with van der Waals surface area (Å²) in [6, 6.07) is 4.18. The van der Waals surface area contributed by atoms with Gasteiger partial charge in [0.25, 0.3) is 0 Å². The number of carbonyl (C=O) groups excluding carboxylic acids is 1. The van der Waals surface area contributed by atoms with E-state index < -0.39 is 5.60 Å². The average molecular weight is 320 g/mol. The topological polar surface area (TPSA) is 31.2 Å². The normalized spacial score (nSPS) is 15.3. The summed E-state index contributed by atoms with van der Waals surface area (Å²) in [5.41, 5.74) is 4.01. The van der Waals surface area contributed by atoms with E-state index in [0.29, 0.717) is 11.8 Å². The van der Waals surface area contributed by atoms with Crippen LogP contribution in [-0.2, 0) is 10.6 Å². The van der Waals surface area contributed by atoms with Gasteiger partial charge >= 0.3 is 6.09 Å². The Bertz CT molecular complexity index is 736. The number of rotatable bonds is 2. The quantitative estimate of drug-likeness (QED) is 0.699. The molecule has 0 unspecified atom stereocenters. The number of nitrogens with zero attached hydrogens (tertiary/aromatic N) is 1. The fourth-order valence-electron chi connectivity index (χ4n) is 2.99. The lowest BCUT2D eigenvalue weighted by Crippen LogP contribution is -2.26. The molecule has 3 rings (SSSR count). The number of benzene rings is 1. The zero-order chi connectivity index (χ0) is 16.1. The molecular formula is C18H22ClNO2. The van der Waals surface area contributed by atoms with Crippen LogP contribution in [0, 0.1) is 6.92 Å². The first-order chi connectivity index (χ1) is 10.3. The second-order valence-corrected chi connectivity index (χ2v) is 7.36. The van der Waals surface area contributed by atoms with Crippen molar-refractivity contribution in [1.82, 2.24) is 4.57 Å². The smallest absolute Gasteiger partial charge is 0.418 e. The predicted molar refractivity (Wildman–Crippen MR) is 89.8 cm³/mol. The lowest BCUT2D eigenvalue weighted by molar-refractivity contribution is 0.0544. The standard InChI is InChI=1S/C18H22ClNO2/c1-11-9-14(12-5-6-12)15(10-19)13-7-8-20(16(11)13)17(21)22-18(2,3)4/h7-9,12H,5-6,10H2,1-4H3. The van der Waals surface area contributed by atoms with Crippen molar-refractivity contribution >= 4 is 28.6 Å². The Labute approximate surface area is 136 Å². The van der Waals surface area contributed by atoms with E-state index in [1.54, 1.807) is 10.8 Å². The van der Waals surface area contributed by atoms with Gasteiger partial charge in [0.15, 0.2) is 0 Å². The monoisotopic (exact) mass is 319 g/mol. The molecule has 2 aromatic rings. The Kier molecular flexibility index (Phi) is 3.72. The minimum Gasteiger partial charge on any atom is -0.443 e. The van der Waals surface area contributed by atoms with Gasteiger partial charge in [0, 0.05) is 17.5 Å². The van der Waals surface area contributed by atoms with Crippen LogP contribution >= 0.6 is 11.6 Å². The maximum absolute atomic E-state index is 12.4. The van der Waals surface area contributed by atoms with Gasteiger partial charge in [-0.25, -0.2) is 4.79 Å². The lowest BCUT2D eigenvalue weighted by atomic mass is 9.97. The molecule has 1 aromatic carbocycles. The molecule has 0 N–H and O–H groups in total. The molecule has 118 valence electrons. The Hall–Kier alpha value is -1.48. The molecule has 0 saturated heterocycles. The second-order valence-electron chi connectivity index (χ2n) is 7.10. The molecule has 1 heterocycles. The summed E-state index contributed by atoms with van der Waals surface area (Å²) in [6.07, 6.45) is 3.92. The lowest BCUT2D eigenvalue weighted by Gasteiger charge is -2.20. The molecular weight excluding hydrogens is 298 g/mol. The Morgan fingerprint density at radius 2 is 2.09 bits per heavy atom. The van der Waals surface area contributed by atoms with Crippen molar-refractivity contribution in [3.05, 3.63) is 35.0 Å². The highest BCUT2D eigenvalue weighted by atomic mass is 35.5. The van der Waals surface area contributed by atoms with Gasteiger partial charge in [-0.3, -0.25) is 4.57 Å². The highest BCUT2D eigenvalue weighted by molar-refractivity contribution is 6.18. The Morgan fingerprint density at radius 3 is 2.64 bits per heavy atom. The summed E-state index contributed by atoms with van der Waals surface area (Å²) >= 11 is 6.21. The summed E-state index contributed by atoms with van der Waals surface area (Å²) in [5, 5.41) is 1.07. The van der Waals surface area contributed by atoms with E-state index in [0.717, 1.165) is 22.0 Å². The van der Waals surface area contributed by atoms with E-state index in [9.17, 15) is 4.79 Å². The van der Waals surface area contributed by atoms with Gasteiger partial charge in [-0.15, -0.1) is 11.6 Å². The van der Waals surface area contributed by atoms with Crippen molar-refractivity contribution in [2.45, 2.75) is 57.9 Å². The minimum absolute atomic E-state index is 0.342. The van der Waals surface area contributed by atoms with Crippen LogP contribution in [0.5, 0.6) is 0 Å². The molecule has 1 aliphatic rings. The van der Waals surface area contributed by atoms with Gasteiger partial charge < -0.3 is 4.74 Å². The summed E-state index contributed by atoms with van der Waals surface area (Å²) in [5.74, 6) is 1.11. The van der Waals surface area contributed by atoms with Crippen LogP contribution in [0.1, 0.15) is 56.2 Å². The third-order valence-corrected chi connectivity index (χ3v) is 4.31. The number of ether oxygens (including phenoxy) is 1. The molecule has 0 bridgehead atoms. The predicted octanol–water partition coefficient (Wildman–Crippen LogP) is 5.35. The van der Waals surface area contributed by atoms with Crippen LogP contribution < -0.4 is 0 Å². The van der Waals surface area contributed by atoms with Crippen molar-refractivity contribution in [1.29, 1.82) is 0 Å². The maximum Gasteiger partial charge on any atom is 0.418 e. The third-order valence-electron chi connectivity index (χ3n) is 4.05. The van der Waals surface area contributed by atoms with Crippen molar-refractivity contribution < 1.29 is 9.53 Å². The fourth-order valence-corrected chi connectivity index (χ4v) is 3.29. The Balaban J connectivity index is 2.13. The van der Waals surface area contributed by atoms with Gasteiger partial charge in [0.2, 0.25) is 0 Å². The number of aryl methyl sites for hydroxylation is 1. The zero-order valence-electron chi connectivity index (χ0n) is 13.6. The number of hydrogen-bond acceptors (Lipinski definition) is 2. The van der Waals surface area contributed by atoms with Crippen molar-refractivity contribution in [3.8, 4) is 0 Å². The first kappa shape index (κ1) is 15.4. The first-order valence-corrected chi connectivity index (χ1v) is 8.28. The van der Waals surface area contributed by atoms with Crippen LogP contribution in [0.15, 0.2) is 18.3 Å². The van der Waals surface area contributed by atoms with Gasteiger partial charge in [-0.2, -0.15) is 0 Å². The third kappa shape index (κ3) is 2.74. The molecule has 0 spiro atoms. The van der Waals surface area contributed by atoms with Crippen molar-refractivity contribution in [2.75, 3.05) is 0 Å². The SMILES string of the molecule is Cc1cc(C2CC2)c(CCl)c2ccn(C(=O)OC(C)(C)C)c12. The summed E-state index contributed by atoms with van der Waals surface area (Å²) in [4.78, 5) is 12.4. The number of halogens is 1. The van der Waals surface area contributed by atoms with Gasteiger partial charge in [-0.1, -0.05) is 6.07 Å². The fraction of sp³-hybridized carbons (Fsp3) is 0.500. The van der Waals surface area contributed by atoms with E-state index >= 15 is 0 Å². The molecule has 0 aliphatic heterocycles. The van der Waals surface area contributed by atoms with E-state index in [2.05, 4.69) is 6.07 Å². The van der Waals surface area contributed by atoms with Crippen LogP contribution in [0.3, 0.4) is 0 Å². The highest BCUT2D eigenvalue weighted by Gasteiger charge is 2.28. The van der Waals surface area contributed by atoms with Crippen LogP contribution in [-0.4, -0.2) is 16.3 Å². The van der Waals surface area contributed by atoms with Gasteiger partial charge in [-0.05, 0) is 69.2 Å². The number of hydrogen-bond donors (Lipinski definition) is 0. The largest absolute Gasteiger partial charge is 0.443 e. The maximum atomic E-state index is 12.4. The van der Waals surface area contributed by atoms with Crippen LogP contribution in [0.4, 0.5) is 4.79 Å².